The Morgan fingerprint density at radius 1 is 0.639 bits per heavy atom. The Kier molecular flexibility index (Phi) is 9.05. The molecule has 0 nitrogen and oxygen atoms in total. The summed E-state index contributed by atoms with van der Waals surface area (Å²) in [6.45, 7) is 4.02. The normalized spacial score (nSPS) is 29.9. The molecule has 0 aliphatic heterocycles. The quantitative estimate of drug-likeness (QED) is 0.293. The van der Waals surface area contributed by atoms with Gasteiger partial charge in [0.1, 0.15) is 0 Å². The Morgan fingerprint density at radius 2 is 1.17 bits per heavy atom. The molecule has 0 amide bonds. The zero-order valence-electron chi connectivity index (χ0n) is 22.2. The van der Waals surface area contributed by atoms with Crippen LogP contribution in [0.5, 0.6) is 0 Å². The molecule has 0 N–H and O–H groups in total. The number of benzene rings is 1. The zero-order chi connectivity index (χ0) is 25.8. The molecule has 1 aromatic carbocycles. The lowest BCUT2D eigenvalue weighted by molar-refractivity contribution is -0.165. The third-order valence-corrected chi connectivity index (χ3v) is 9.37. The maximum atomic E-state index is 14.6. The van der Waals surface area contributed by atoms with E-state index in [4.69, 9.17) is 0 Å². The van der Waals surface area contributed by atoms with E-state index in [2.05, 4.69) is 19.1 Å². The van der Waals surface area contributed by atoms with Crippen LogP contribution in [0.25, 0.3) is 0 Å². The molecule has 0 unspecified atom stereocenters. The van der Waals surface area contributed by atoms with Crippen molar-refractivity contribution in [2.75, 3.05) is 0 Å². The second kappa shape index (κ2) is 11.9. The average Bonchev–Trinajstić information content (AvgIpc) is 2.88. The predicted octanol–water partition coefficient (Wildman–Crippen LogP) is 10.4. The number of aryl methyl sites for hydroxylation is 1. The minimum atomic E-state index is -4.11. The average molecular weight is 505 g/mol. The highest BCUT2D eigenvalue weighted by atomic mass is 19.3. The van der Waals surface area contributed by atoms with Gasteiger partial charge in [-0.15, -0.1) is 0 Å². The van der Waals surface area contributed by atoms with Gasteiger partial charge in [-0.2, -0.15) is 17.6 Å². The van der Waals surface area contributed by atoms with Gasteiger partial charge < -0.3 is 0 Å². The van der Waals surface area contributed by atoms with Crippen LogP contribution in [-0.4, -0.2) is 11.8 Å². The molecule has 2 saturated carbocycles. The van der Waals surface area contributed by atoms with Crippen LogP contribution in [0.4, 0.5) is 17.6 Å². The molecule has 0 radical (unpaired) electrons. The molecular weight excluding hydrogens is 460 g/mol. The number of allylic oxidation sites excluding steroid dienone is 4. The van der Waals surface area contributed by atoms with Crippen LogP contribution in [0.3, 0.4) is 0 Å². The van der Waals surface area contributed by atoms with Crippen molar-refractivity contribution < 1.29 is 17.6 Å². The summed E-state index contributed by atoms with van der Waals surface area (Å²) in [6.07, 6.45) is 16.7. The van der Waals surface area contributed by atoms with Crippen molar-refractivity contribution in [1.29, 1.82) is 0 Å². The van der Waals surface area contributed by atoms with Crippen LogP contribution in [0.15, 0.2) is 47.6 Å². The monoisotopic (exact) mass is 504 g/mol. The fraction of sp³-hybridized carbons (Fsp3) is 0.688. The third-order valence-electron chi connectivity index (χ3n) is 9.37. The number of halogens is 4. The smallest absolute Gasteiger partial charge is 0.194 e. The highest BCUT2D eigenvalue weighted by Gasteiger charge is 2.61. The maximum Gasteiger partial charge on any atom is 0.335 e. The van der Waals surface area contributed by atoms with E-state index in [9.17, 15) is 17.6 Å². The van der Waals surface area contributed by atoms with E-state index in [-0.39, 0.29) is 12.8 Å². The molecule has 0 saturated heterocycles. The lowest BCUT2D eigenvalue weighted by Gasteiger charge is -2.38. The van der Waals surface area contributed by atoms with Gasteiger partial charge in [0.05, 0.1) is 0 Å². The highest BCUT2D eigenvalue weighted by Crippen LogP contribution is 2.50. The highest BCUT2D eigenvalue weighted by molar-refractivity contribution is 5.38. The maximum absolute atomic E-state index is 14.6. The first-order chi connectivity index (χ1) is 17.3. The van der Waals surface area contributed by atoms with Crippen molar-refractivity contribution >= 4 is 0 Å². The fourth-order valence-electron chi connectivity index (χ4n) is 7.08. The van der Waals surface area contributed by atoms with Crippen LogP contribution < -0.4 is 0 Å². The Bertz CT molecular complexity index is 895. The number of hydrogen-bond donors (Lipinski definition) is 0. The van der Waals surface area contributed by atoms with Gasteiger partial charge in [0.15, 0.2) is 0 Å². The Morgan fingerprint density at radius 3 is 1.69 bits per heavy atom. The third kappa shape index (κ3) is 5.94. The summed E-state index contributed by atoms with van der Waals surface area (Å²) in [6, 6.07) is 8.29. The predicted molar refractivity (Wildman–Crippen MR) is 141 cm³/mol. The molecule has 2 fully saturated rings. The van der Waals surface area contributed by atoms with Crippen LogP contribution in [-0.2, 0) is 6.42 Å². The Labute approximate surface area is 215 Å². The molecule has 200 valence electrons. The summed E-state index contributed by atoms with van der Waals surface area (Å²) >= 11 is 0. The Hall–Kier alpha value is -1.58. The van der Waals surface area contributed by atoms with Gasteiger partial charge in [0.2, 0.25) is 0 Å². The molecule has 0 heterocycles. The lowest BCUT2D eigenvalue weighted by atomic mass is 9.68. The van der Waals surface area contributed by atoms with Gasteiger partial charge in [0, 0.05) is 11.1 Å². The summed E-state index contributed by atoms with van der Waals surface area (Å²) in [4.78, 5) is 0. The van der Waals surface area contributed by atoms with E-state index in [1.807, 2.05) is 12.1 Å². The van der Waals surface area contributed by atoms with Crippen molar-refractivity contribution in [3.8, 4) is 0 Å². The lowest BCUT2D eigenvalue weighted by Crippen LogP contribution is -2.45. The van der Waals surface area contributed by atoms with Crippen LogP contribution in [0.1, 0.15) is 114 Å². The van der Waals surface area contributed by atoms with Crippen molar-refractivity contribution in [1.82, 2.24) is 0 Å². The van der Waals surface area contributed by atoms with E-state index in [0.29, 0.717) is 18.8 Å². The van der Waals surface area contributed by atoms with Crippen LogP contribution >= 0.6 is 0 Å². The van der Waals surface area contributed by atoms with Crippen molar-refractivity contribution in [2.45, 2.75) is 122 Å². The molecule has 0 bridgehead atoms. The van der Waals surface area contributed by atoms with E-state index in [1.54, 1.807) is 6.92 Å². The van der Waals surface area contributed by atoms with Crippen molar-refractivity contribution in [3.63, 3.8) is 0 Å². The first-order valence-electron chi connectivity index (χ1n) is 14.5. The number of hydrogen-bond acceptors (Lipinski definition) is 0. The second-order valence-corrected chi connectivity index (χ2v) is 11.7. The summed E-state index contributed by atoms with van der Waals surface area (Å²) in [5, 5.41) is 0. The van der Waals surface area contributed by atoms with Gasteiger partial charge in [0.25, 0.3) is 0 Å². The number of rotatable bonds is 9. The molecule has 0 spiro atoms. The molecule has 3 aliphatic carbocycles. The first-order valence-corrected chi connectivity index (χ1v) is 14.5. The van der Waals surface area contributed by atoms with Gasteiger partial charge in [-0.3, -0.25) is 0 Å². The van der Waals surface area contributed by atoms with Gasteiger partial charge >= 0.3 is 11.8 Å². The van der Waals surface area contributed by atoms with Gasteiger partial charge in [-0.05, 0) is 92.6 Å². The second-order valence-electron chi connectivity index (χ2n) is 11.7. The minimum Gasteiger partial charge on any atom is -0.194 e. The largest absolute Gasteiger partial charge is 0.335 e. The standard InChI is InChI=1S/C32H44F4/c1-3-5-23-7-12-25(13-8-23)27-16-18-28(19-17-27)26-14-9-24(10-15-26)11-20-30-22-21-29(6-4-2)31(33,34)32(30,35)36/h9-10,14-15,21-23,25,27-28H,3-8,11-13,16-20H2,1-2H3. The molecule has 1 aromatic rings. The fourth-order valence-corrected chi connectivity index (χ4v) is 7.08. The van der Waals surface area contributed by atoms with Crippen LogP contribution in [0.2, 0.25) is 0 Å². The first kappa shape index (κ1) is 27.5. The topological polar surface area (TPSA) is 0 Å². The van der Waals surface area contributed by atoms with Gasteiger partial charge in [-0.25, -0.2) is 0 Å². The summed E-state index contributed by atoms with van der Waals surface area (Å²) in [7, 11) is 0. The Balaban J connectivity index is 1.27. The van der Waals surface area contributed by atoms with E-state index < -0.39 is 23.0 Å². The minimum absolute atomic E-state index is 0.00414. The zero-order valence-corrected chi connectivity index (χ0v) is 22.2. The molecule has 4 heteroatoms. The molecular formula is C32H44F4. The van der Waals surface area contributed by atoms with Crippen molar-refractivity contribution in [2.24, 2.45) is 17.8 Å². The van der Waals surface area contributed by atoms with Gasteiger partial charge in [-0.1, -0.05) is 82.4 Å². The summed E-state index contributed by atoms with van der Waals surface area (Å²) < 4.78 is 58.0. The van der Waals surface area contributed by atoms with E-state index in [0.717, 1.165) is 23.3 Å². The molecule has 36 heavy (non-hydrogen) atoms. The number of alkyl halides is 4. The molecule has 0 atom stereocenters. The van der Waals surface area contributed by atoms with E-state index >= 15 is 0 Å². The van der Waals surface area contributed by atoms with E-state index in [1.165, 1.54) is 81.9 Å². The summed E-state index contributed by atoms with van der Waals surface area (Å²) in [5.74, 6) is -4.84. The SMILES string of the molecule is CCCC1=CC=C(CCc2ccc(C3CCC(C4CCC(CCC)CC4)CC3)cc2)C(F)(F)C1(F)F. The van der Waals surface area contributed by atoms with Crippen molar-refractivity contribution in [3.05, 3.63) is 58.7 Å². The van der Waals surface area contributed by atoms with Crippen LogP contribution in [0, 0.1) is 17.8 Å². The summed E-state index contributed by atoms with van der Waals surface area (Å²) in [5.41, 5.74) is 1.35. The molecule has 3 aliphatic rings. The molecule has 0 aromatic heterocycles. The molecule has 4 rings (SSSR count).